The number of halogens is 3. The van der Waals surface area contributed by atoms with Crippen molar-refractivity contribution < 1.29 is 22.7 Å². The summed E-state index contributed by atoms with van der Waals surface area (Å²) in [4.78, 5) is 11.9. The fourth-order valence-electron chi connectivity index (χ4n) is 2.51. The second-order valence-electron chi connectivity index (χ2n) is 5.77. The van der Waals surface area contributed by atoms with Crippen molar-refractivity contribution >= 4 is 22.5 Å². The number of anilines is 1. The minimum absolute atomic E-state index is 0.0502. The summed E-state index contributed by atoms with van der Waals surface area (Å²) in [5.74, 6) is 0. The molecule has 10 heteroatoms. The van der Waals surface area contributed by atoms with Gasteiger partial charge in [0, 0.05) is 13.2 Å². The third-order valence-corrected chi connectivity index (χ3v) is 4.78. The third kappa shape index (κ3) is 4.92. The molecule has 6 nitrogen and oxygen atoms in total. The van der Waals surface area contributed by atoms with Gasteiger partial charge in [-0.25, -0.2) is 4.79 Å². The molecule has 1 fully saturated rings. The number of nitrogens with one attached hydrogen (secondary N) is 2. The Bertz CT molecular complexity index is 743. The normalized spacial score (nSPS) is 17.3. The third-order valence-electron chi connectivity index (χ3n) is 3.85. The molecule has 2 N–H and O–H groups in total. The van der Waals surface area contributed by atoms with Crippen LogP contribution < -0.4 is 10.6 Å². The van der Waals surface area contributed by atoms with Crippen molar-refractivity contribution in [1.82, 2.24) is 15.5 Å². The molecule has 1 aromatic carbocycles. The van der Waals surface area contributed by atoms with E-state index in [1.807, 2.05) is 0 Å². The molecule has 1 atom stereocenters. The number of carbonyl (C=O) groups excluding carboxylic acids is 1. The molecule has 2 heterocycles. The van der Waals surface area contributed by atoms with Gasteiger partial charge in [-0.1, -0.05) is 23.5 Å². The highest BCUT2D eigenvalue weighted by Crippen LogP contribution is 2.32. The van der Waals surface area contributed by atoms with Crippen LogP contribution in [0, 0.1) is 0 Å². The minimum atomic E-state index is -4.35. The predicted molar refractivity (Wildman–Crippen MR) is 90.0 cm³/mol. The Morgan fingerprint density at radius 1 is 1.27 bits per heavy atom. The Morgan fingerprint density at radius 2 is 2.04 bits per heavy atom. The number of alkyl halides is 3. The van der Waals surface area contributed by atoms with Crippen LogP contribution in [0.1, 0.15) is 35.1 Å². The zero-order valence-electron chi connectivity index (χ0n) is 13.7. The van der Waals surface area contributed by atoms with Crippen LogP contribution >= 0.6 is 11.3 Å². The van der Waals surface area contributed by atoms with Crippen LogP contribution in [0.3, 0.4) is 0 Å². The number of rotatable bonds is 5. The molecular weight excluding hydrogens is 369 g/mol. The van der Waals surface area contributed by atoms with E-state index in [4.69, 9.17) is 4.74 Å². The molecule has 1 unspecified atom stereocenters. The Kier molecular flexibility index (Phi) is 5.72. The summed E-state index contributed by atoms with van der Waals surface area (Å²) < 4.78 is 43.0. The van der Waals surface area contributed by atoms with E-state index >= 15 is 0 Å². The summed E-state index contributed by atoms with van der Waals surface area (Å²) in [6.45, 7) is 0.992. The second kappa shape index (κ2) is 8.00. The number of ether oxygens (including phenoxy) is 1. The molecule has 3 rings (SSSR count). The van der Waals surface area contributed by atoms with E-state index in [1.165, 1.54) is 23.5 Å². The average Bonchev–Trinajstić information content (AvgIpc) is 3.25. The molecule has 1 aliphatic heterocycles. The molecular formula is C16H17F3N4O2S. The van der Waals surface area contributed by atoms with Gasteiger partial charge in [0.05, 0.1) is 5.56 Å². The minimum Gasteiger partial charge on any atom is -0.371 e. The summed E-state index contributed by atoms with van der Waals surface area (Å²) in [6.07, 6.45) is -2.10. The van der Waals surface area contributed by atoms with Gasteiger partial charge >= 0.3 is 12.2 Å². The fraction of sp³-hybridized carbons (Fsp3) is 0.438. The topological polar surface area (TPSA) is 76.1 Å². The number of carbonyl (C=O) groups is 1. The van der Waals surface area contributed by atoms with E-state index in [9.17, 15) is 18.0 Å². The van der Waals surface area contributed by atoms with E-state index in [0.717, 1.165) is 30.0 Å². The summed E-state index contributed by atoms with van der Waals surface area (Å²) in [7, 11) is 0. The summed E-state index contributed by atoms with van der Waals surface area (Å²) >= 11 is 1.27. The standard InChI is InChI=1S/C16H17F3N4O2S/c17-16(18,19)11-5-3-10(4-6-11)7-8-20-14(24)21-15-23-22-13(26-15)12-2-1-9-25-12/h3-6,12H,1-2,7-9H2,(H2,20,21,23,24). The highest BCUT2D eigenvalue weighted by atomic mass is 32.1. The Morgan fingerprint density at radius 3 is 2.69 bits per heavy atom. The van der Waals surface area contributed by atoms with Crippen molar-refractivity contribution in [2.75, 3.05) is 18.5 Å². The molecule has 26 heavy (non-hydrogen) atoms. The zero-order chi connectivity index (χ0) is 18.6. The van der Waals surface area contributed by atoms with E-state index in [0.29, 0.717) is 23.7 Å². The van der Waals surface area contributed by atoms with Gasteiger partial charge in [0.2, 0.25) is 5.13 Å². The van der Waals surface area contributed by atoms with Crippen LogP contribution in [-0.4, -0.2) is 29.4 Å². The van der Waals surface area contributed by atoms with Crippen molar-refractivity contribution in [1.29, 1.82) is 0 Å². The quantitative estimate of drug-likeness (QED) is 0.820. The first-order valence-corrected chi connectivity index (χ1v) is 8.89. The van der Waals surface area contributed by atoms with E-state index < -0.39 is 17.8 Å². The molecule has 1 saturated heterocycles. The first-order chi connectivity index (χ1) is 12.4. The van der Waals surface area contributed by atoms with Crippen LogP contribution in [0.25, 0.3) is 0 Å². The summed E-state index contributed by atoms with van der Waals surface area (Å²) in [5.41, 5.74) is 0.0140. The molecule has 0 saturated carbocycles. The van der Waals surface area contributed by atoms with Gasteiger partial charge < -0.3 is 10.1 Å². The lowest BCUT2D eigenvalue weighted by Gasteiger charge is -2.08. The van der Waals surface area contributed by atoms with Crippen LogP contribution in [0.15, 0.2) is 24.3 Å². The maximum absolute atomic E-state index is 12.5. The van der Waals surface area contributed by atoms with Gasteiger partial charge in [-0.05, 0) is 37.0 Å². The Balaban J connectivity index is 1.43. The maximum Gasteiger partial charge on any atom is 0.416 e. The van der Waals surface area contributed by atoms with Gasteiger partial charge in [0.15, 0.2) is 0 Å². The number of nitrogens with zero attached hydrogens (tertiary/aromatic N) is 2. The van der Waals surface area contributed by atoms with Gasteiger partial charge in [-0.15, -0.1) is 10.2 Å². The summed E-state index contributed by atoms with van der Waals surface area (Å²) in [6, 6.07) is 4.43. The lowest BCUT2D eigenvalue weighted by molar-refractivity contribution is -0.137. The fourth-order valence-corrected chi connectivity index (χ4v) is 3.33. The van der Waals surface area contributed by atoms with E-state index in [-0.39, 0.29) is 12.6 Å². The van der Waals surface area contributed by atoms with Crippen LogP contribution in [0.5, 0.6) is 0 Å². The number of urea groups is 1. The van der Waals surface area contributed by atoms with Crippen LogP contribution in [0.4, 0.5) is 23.1 Å². The summed E-state index contributed by atoms with van der Waals surface area (Å²) in [5, 5.41) is 14.3. The smallest absolute Gasteiger partial charge is 0.371 e. The van der Waals surface area contributed by atoms with Crippen molar-refractivity contribution in [3.8, 4) is 0 Å². The van der Waals surface area contributed by atoms with Gasteiger partial charge in [0.1, 0.15) is 11.1 Å². The predicted octanol–water partition coefficient (Wildman–Crippen LogP) is 3.77. The molecule has 1 aliphatic rings. The molecule has 0 radical (unpaired) electrons. The number of benzene rings is 1. The average molecular weight is 386 g/mol. The van der Waals surface area contributed by atoms with Crippen LogP contribution in [-0.2, 0) is 17.3 Å². The maximum atomic E-state index is 12.5. The van der Waals surface area contributed by atoms with Gasteiger partial charge in [-0.3, -0.25) is 5.32 Å². The van der Waals surface area contributed by atoms with Crippen molar-refractivity contribution in [3.63, 3.8) is 0 Å². The molecule has 0 bridgehead atoms. The van der Waals surface area contributed by atoms with Gasteiger partial charge in [0.25, 0.3) is 0 Å². The second-order valence-corrected chi connectivity index (χ2v) is 6.78. The van der Waals surface area contributed by atoms with Crippen molar-refractivity contribution in [2.24, 2.45) is 0 Å². The number of hydrogen-bond donors (Lipinski definition) is 2. The van der Waals surface area contributed by atoms with Crippen LogP contribution in [0.2, 0.25) is 0 Å². The highest BCUT2D eigenvalue weighted by Gasteiger charge is 2.29. The van der Waals surface area contributed by atoms with E-state index in [1.54, 1.807) is 0 Å². The molecule has 0 spiro atoms. The number of hydrogen-bond acceptors (Lipinski definition) is 5. The first-order valence-electron chi connectivity index (χ1n) is 8.08. The van der Waals surface area contributed by atoms with E-state index in [2.05, 4.69) is 20.8 Å². The Hall–Kier alpha value is -2.20. The first kappa shape index (κ1) is 18.6. The monoisotopic (exact) mass is 386 g/mol. The van der Waals surface area contributed by atoms with Crippen molar-refractivity contribution in [3.05, 3.63) is 40.4 Å². The molecule has 140 valence electrons. The molecule has 0 aliphatic carbocycles. The molecule has 2 amide bonds. The molecule has 2 aromatic rings. The SMILES string of the molecule is O=C(NCCc1ccc(C(F)(F)F)cc1)Nc1nnc(C2CCCO2)s1. The van der Waals surface area contributed by atoms with Crippen molar-refractivity contribution in [2.45, 2.75) is 31.5 Å². The highest BCUT2D eigenvalue weighted by molar-refractivity contribution is 7.15. The lowest BCUT2D eigenvalue weighted by Crippen LogP contribution is -2.30. The van der Waals surface area contributed by atoms with Gasteiger partial charge in [-0.2, -0.15) is 13.2 Å². The number of aromatic nitrogens is 2. The lowest BCUT2D eigenvalue weighted by atomic mass is 10.1. The largest absolute Gasteiger partial charge is 0.416 e. The Labute approximate surface area is 151 Å². The number of amides is 2. The zero-order valence-corrected chi connectivity index (χ0v) is 14.5. The molecule has 1 aromatic heterocycles.